The highest BCUT2D eigenvalue weighted by Crippen LogP contribution is 2.20. The van der Waals surface area contributed by atoms with E-state index in [9.17, 15) is 14.4 Å². The Kier molecular flexibility index (Phi) is 5.25. The van der Waals surface area contributed by atoms with E-state index in [1.807, 2.05) is 26.0 Å². The molecule has 0 aliphatic rings. The number of hydrogen-bond donors (Lipinski definition) is 1. The fourth-order valence-electron chi connectivity index (χ4n) is 2.72. The number of esters is 1. The third-order valence-electron chi connectivity index (χ3n) is 4.55. The number of rotatable bonds is 5. The molecular formula is C19H20N4O5. The number of aryl methyl sites for hydroxylation is 1. The molecule has 9 heteroatoms. The Labute approximate surface area is 160 Å². The van der Waals surface area contributed by atoms with Gasteiger partial charge in [0.2, 0.25) is 11.6 Å². The number of nitrogens with zero attached hydrogens (tertiary/aromatic N) is 3. The standard InChI is InChI=1S/C19H20N4O5/c1-5-27-19(26)15-14-17(28-22-15)20-9-23(18(14)25)12(4)16(24)21-13-8-6-7-10(2)11(13)3/h6-9,12H,5H2,1-4H3,(H,21,24)/t12-/m0/s1. The van der Waals surface area contributed by atoms with Crippen LogP contribution in [0.3, 0.4) is 0 Å². The van der Waals surface area contributed by atoms with Gasteiger partial charge in [0.1, 0.15) is 17.8 Å². The van der Waals surface area contributed by atoms with Crippen LogP contribution in [0.25, 0.3) is 11.1 Å². The Morgan fingerprint density at radius 3 is 2.79 bits per heavy atom. The highest BCUT2D eigenvalue weighted by molar-refractivity contribution is 6.00. The first-order chi connectivity index (χ1) is 13.3. The molecule has 2 heterocycles. The molecule has 0 radical (unpaired) electrons. The van der Waals surface area contributed by atoms with Gasteiger partial charge in [-0.15, -0.1) is 0 Å². The van der Waals surface area contributed by atoms with E-state index < -0.39 is 23.5 Å². The maximum atomic E-state index is 12.9. The lowest BCUT2D eigenvalue weighted by Crippen LogP contribution is -2.32. The van der Waals surface area contributed by atoms with Crippen molar-refractivity contribution in [2.24, 2.45) is 0 Å². The van der Waals surface area contributed by atoms with Crippen molar-refractivity contribution in [2.75, 3.05) is 11.9 Å². The molecule has 0 saturated carbocycles. The third-order valence-corrected chi connectivity index (χ3v) is 4.55. The van der Waals surface area contributed by atoms with Gasteiger partial charge in [-0.05, 0) is 44.9 Å². The number of fused-ring (bicyclic) bond motifs is 1. The summed E-state index contributed by atoms with van der Waals surface area (Å²) in [5, 5.41) is 6.28. The summed E-state index contributed by atoms with van der Waals surface area (Å²) in [6.45, 7) is 7.16. The van der Waals surface area contributed by atoms with Crippen LogP contribution in [0, 0.1) is 13.8 Å². The fourth-order valence-corrected chi connectivity index (χ4v) is 2.72. The van der Waals surface area contributed by atoms with E-state index in [4.69, 9.17) is 9.26 Å². The maximum absolute atomic E-state index is 12.9. The molecule has 3 aromatic rings. The molecule has 3 rings (SSSR count). The predicted octanol–water partition coefficient (Wildman–Crippen LogP) is 2.38. The monoisotopic (exact) mass is 384 g/mol. The lowest BCUT2D eigenvalue weighted by molar-refractivity contribution is -0.118. The van der Waals surface area contributed by atoms with Crippen LogP contribution in [0.1, 0.15) is 41.5 Å². The van der Waals surface area contributed by atoms with Crippen molar-refractivity contribution in [3.63, 3.8) is 0 Å². The number of nitrogens with one attached hydrogen (secondary N) is 1. The zero-order valence-corrected chi connectivity index (χ0v) is 16.0. The number of carbonyl (C=O) groups is 2. The van der Waals surface area contributed by atoms with Crippen molar-refractivity contribution >= 4 is 28.7 Å². The van der Waals surface area contributed by atoms with E-state index in [1.54, 1.807) is 19.9 Å². The summed E-state index contributed by atoms with van der Waals surface area (Å²) in [6.07, 6.45) is 1.19. The second kappa shape index (κ2) is 7.63. The second-order valence-electron chi connectivity index (χ2n) is 6.30. The zero-order valence-electron chi connectivity index (χ0n) is 16.0. The van der Waals surface area contributed by atoms with Crippen LogP contribution in [0.4, 0.5) is 5.69 Å². The number of aromatic nitrogens is 3. The van der Waals surface area contributed by atoms with Crippen LogP contribution in [0.2, 0.25) is 0 Å². The Morgan fingerprint density at radius 2 is 2.07 bits per heavy atom. The van der Waals surface area contributed by atoms with Crippen LogP contribution in [-0.2, 0) is 9.53 Å². The summed E-state index contributed by atoms with van der Waals surface area (Å²) in [7, 11) is 0. The molecule has 0 aliphatic heterocycles. The van der Waals surface area contributed by atoms with Gasteiger partial charge in [-0.25, -0.2) is 9.78 Å². The highest BCUT2D eigenvalue weighted by Gasteiger charge is 2.25. The summed E-state index contributed by atoms with van der Waals surface area (Å²) in [4.78, 5) is 41.6. The summed E-state index contributed by atoms with van der Waals surface area (Å²) in [6, 6.07) is 4.69. The van der Waals surface area contributed by atoms with E-state index in [2.05, 4.69) is 15.5 Å². The maximum Gasteiger partial charge on any atom is 0.361 e. The van der Waals surface area contributed by atoms with Crippen molar-refractivity contribution in [3.05, 3.63) is 51.7 Å². The molecule has 146 valence electrons. The van der Waals surface area contributed by atoms with E-state index in [-0.39, 0.29) is 23.4 Å². The summed E-state index contributed by atoms with van der Waals surface area (Å²) in [5.74, 6) is -1.18. The first kappa shape index (κ1) is 19.3. The van der Waals surface area contributed by atoms with Gasteiger partial charge in [0.15, 0.2) is 0 Å². The molecule has 0 spiro atoms. The van der Waals surface area contributed by atoms with Crippen molar-refractivity contribution in [1.29, 1.82) is 0 Å². The van der Waals surface area contributed by atoms with Crippen molar-refractivity contribution in [2.45, 2.75) is 33.7 Å². The lowest BCUT2D eigenvalue weighted by atomic mass is 10.1. The average molecular weight is 384 g/mol. The number of benzene rings is 1. The van der Waals surface area contributed by atoms with Crippen LogP contribution in [0.15, 0.2) is 33.8 Å². The lowest BCUT2D eigenvalue weighted by Gasteiger charge is -2.16. The minimum atomic E-state index is -0.880. The largest absolute Gasteiger partial charge is 0.461 e. The van der Waals surface area contributed by atoms with Gasteiger partial charge in [-0.2, -0.15) is 0 Å². The fraction of sp³-hybridized carbons (Fsp3) is 0.316. The van der Waals surface area contributed by atoms with Crippen molar-refractivity contribution in [1.82, 2.24) is 14.7 Å². The van der Waals surface area contributed by atoms with Crippen LogP contribution < -0.4 is 10.9 Å². The van der Waals surface area contributed by atoms with E-state index in [0.717, 1.165) is 15.7 Å². The molecule has 0 bridgehead atoms. The number of anilines is 1. The smallest absolute Gasteiger partial charge is 0.361 e. The van der Waals surface area contributed by atoms with Gasteiger partial charge in [-0.3, -0.25) is 14.2 Å². The molecule has 28 heavy (non-hydrogen) atoms. The molecule has 0 fully saturated rings. The van der Waals surface area contributed by atoms with Crippen LogP contribution >= 0.6 is 0 Å². The van der Waals surface area contributed by atoms with Gasteiger partial charge in [-0.1, -0.05) is 17.3 Å². The van der Waals surface area contributed by atoms with Crippen molar-refractivity contribution < 1.29 is 18.8 Å². The molecule has 2 aromatic heterocycles. The highest BCUT2D eigenvalue weighted by atomic mass is 16.5. The topological polar surface area (TPSA) is 116 Å². The molecule has 1 atom stereocenters. The van der Waals surface area contributed by atoms with E-state index in [1.165, 1.54) is 6.33 Å². The van der Waals surface area contributed by atoms with Gasteiger partial charge >= 0.3 is 5.97 Å². The average Bonchev–Trinajstić information content (AvgIpc) is 3.10. The Bertz CT molecular complexity index is 1120. The van der Waals surface area contributed by atoms with Gasteiger partial charge in [0.05, 0.1) is 6.61 Å². The number of carbonyl (C=O) groups excluding carboxylic acids is 2. The Morgan fingerprint density at radius 1 is 1.32 bits per heavy atom. The molecule has 1 aromatic carbocycles. The second-order valence-corrected chi connectivity index (χ2v) is 6.30. The Hall–Kier alpha value is -3.49. The molecule has 0 aliphatic carbocycles. The minimum absolute atomic E-state index is 0.0913. The van der Waals surface area contributed by atoms with Gasteiger partial charge < -0.3 is 14.6 Å². The molecule has 1 amide bonds. The summed E-state index contributed by atoms with van der Waals surface area (Å²) < 4.78 is 11.0. The minimum Gasteiger partial charge on any atom is -0.461 e. The normalized spacial score (nSPS) is 12.0. The van der Waals surface area contributed by atoms with Crippen molar-refractivity contribution in [3.8, 4) is 0 Å². The third kappa shape index (κ3) is 3.38. The SMILES string of the molecule is CCOC(=O)c1noc2ncn([C@@H](C)C(=O)Nc3cccc(C)c3C)c(=O)c12. The van der Waals surface area contributed by atoms with E-state index in [0.29, 0.717) is 5.69 Å². The first-order valence-electron chi connectivity index (χ1n) is 8.75. The molecule has 1 N–H and O–H groups in total. The predicted molar refractivity (Wildman–Crippen MR) is 101 cm³/mol. The molecular weight excluding hydrogens is 364 g/mol. The van der Waals surface area contributed by atoms with Crippen LogP contribution in [0.5, 0.6) is 0 Å². The number of hydrogen-bond acceptors (Lipinski definition) is 7. The van der Waals surface area contributed by atoms with Gasteiger partial charge in [0.25, 0.3) is 11.3 Å². The Balaban J connectivity index is 1.96. The quantitative estimate of drug-likeness (QED) is 0.671. The molecule has 9 nitrogen and oxygen atoms in total. The molecule has 0 unspecified atom stereocenters. The molecule has 0 saturated heterocycles. The van der Waals surface area contributed by atoms with Crippen LogP contribution in [-0.4, -0.2) is 33.2 Å². The number of amides is 1. The van der Waals surface area contributed by atoms with E-state index >= 15 is 0 Å². The zero-order chi connectivity index (χ0) is 20.4. The summed E-state index contributed by atoms with van der Waals surface area (Å²) >= 11 is 0. The number of ether oxygens (including phenoxy) is 1. The first-order valence-corrected chi connectivity index (χ1v) is 8.75. The summed E-state index contributed by atoms with van der Waals surface area (Å²) in [5.41, 5.74) is 1.67. The van der Waals surface area contributed by atoms with Gasteiger partial charge in [0, 0.05) is 5.69 Å².